The molecular formula is C28H28N3O9P. The second-order valence-corrected chi connectivity index (χ2v) is 11.0. The number of nitrogens with one attached hydrogen (secondary N) is 2. The van der Waals surface area contributed by atoms with Crippen LogP contribution in [0.3, 0.4) is 0 Å². The summed E-state index contributed by atoms with van der Waals surface area (Å²) in [5.74, 6) is -1.76. The fourth-order valence-corrected chi connectivity index (χ4v) is 5.75. The molecule has 2 aliphatic rings. The number of carbonyl (C=O) groups excluding carboxylic acids is 3. The molecule has 6 N–H and O–H groups in total. The van der Waals surface area contributed by atoms with E-state index in [9.17, 15) is 28.9 Å². The van der Waals surface area contributed by atoms with Crippen LogP contribution in [-0.4, -0.2) is 53.2 Å². The molecule has 12 nitrogen and oxygen atoms in total. The zero-order chi connectivity index (χ0) is 29.1. The number of phosphoric ester groups is 1. The van der Waals surface area contributed by atoms with Gasteiger partial charge in [-0.25, -0.2) is 9.36 Å². The number of amides is 3. The van der Waals surface area contributed by atoms with Crippen molar-refractivity contribution < 1.29 is 42.7 Å². The maximum atomic E-state index is 13.1. The molecule has 0 saturated heterocycles. The molecule has 41 heavy (non-hydrogen) atoms. The van der Waals surface area contributed by atoms with Gasteiger partial charge in [-0.1, -0.05) is 54.6 Å². The van der Waals surface area contributed by atoms with Crippen LogP contribution < -0.4 is 20.9 Å². The van der Waals surface area contributed by atoms with Gasteiger partial charge in [-0.2, -0.15) is 0 Å². The Kier molecular flexibility index (Phi) is 8.09. The molecule has 0 radical (unpaired) electrons. The number of primary amides is 1. The zero-order valence-corrected chi connectivity index (χ0v) is 22.6. The van der Waals surface area contributed by atoms with Crippen LogP contribution in [0.1, 0.15) is 28.2 Å². The molecule has 13 heteroatoms. The Bertz CT molecular complexity index is 1500. The number of fused-ring (bicyclic) bond motifs is 4. The lowest BCUT2D eigenvalue weighted by atomic mass is 9.98. The number of hydrogen-bond donors (Lipinski definition) is 5. The summed E-state index contributed by atoms with van der Waals surface area (Å²) < 4.78 is 27.1. The number of aliphatic hydroxyl groups excluding tert-OH is 1. The summed E-state index contributed by atoms with van der Waals surface area (Å²) in [4.78, 5) is 47.2. The van der Waals surface area contributed by atoms with Crippen LogP contribution in [0, 0.1) is 0 Å². The van der Waals surface area contributed by atoms with E-state index in [-0.39, 0.29) is 31.3 Å². The van der Waals surface area contributed by atoms with Crippen molar-refractivity contribution in [1.82, 2.24) is 10.6 Å². The SMILES string of the molecule is NC(=O)[C@H](CO)NC(=O)[C@H](Cc1ccc2c(c1)COP(=O)(O)O2)NC(=O)OCC1c2ccccc2-c2ccccc21. The maximum Gasteiger partial charge on any atom is 0.527 e. The molecule has 3 amide bonds. The van der Waals surface area contributed by atoms with Gasteiger partial charge in [0.15, 0.2) is 0 Å². The van der Waals surface area contributed by atoms with Crippen LogP contribution in [0.25, 0.3) is 11.1 Å². The summed E-state index contributed by atoms with van der Waals surface area (Å²) in [6.07, 6.45) is -0.922. The Hall–Kier alpha value is -4.22. The Morgan fingerprint density at radius 2 is 1.66 bits per heavy atom. The minimum absolute atomic E-state index is 0.0174. The van der Waals surface area contributed by atoms with E-state index in [1.807, 2.05) is 48.5 Å². The summed E-state index contributed by atoms with van der Waals surface area (Å²) in [5, 5.41) is 14.3. The number of aliphatic hydroxyl groups is 1. The first-order valence-corrected chi connectivity index (χ1v) is 14.3. The van der Waals surface area contributed by atoms with E-state index >= 15 is 0 Å². The molecule has 1 aliphatic heterocycles. The van der Waals surface area contributed by atoms with E-state index in [1.165, 1.54) is 6.07 Å². The zero-order valence-electron chi connectivity index (χ0n) is 21.7. The molecule has 214 valence electrons. The lowest BCUT2D eigenvalue weighted by Gasteiger charge is -2.24. The van der Waals surface area contributed by atoms with Gasteiger partial charge in [0.05, 0.1) is 13.2 Å². The Labute approximate surface area is 235 Å². The summed E-state index contributed by atoms with van der Waals surface area (Å²) in [7, 11) is -4.19. The van der Waals surface area contributed by atoms with Crippen LogP contribution in [0.2, 0.25) is 0 Å². The highest BCUT2D eigenvalue weighted by Crippen LogP contribution is 2.50. The predicted molar refractivity (Wildman–Crippen MR) is 146 cm³/mol. The lowest BCUT2D eigenvalue weighted by Crippen LogP contribution is -2.55. The highest BCUT2D eigenvalue weighted by atomic mass is 31.2. The average molecular weight is 582 g/mol. The number of carbonyl (C=O) groups is 3. The van der Waals surface area contributed by atoms with Gasteiger partial charge in [0.25, 0.3) is 0 Å². The van der Waals surface area contributed by atoms with E-state index in [1.54, 1.807) is 12.1 Å². The van der Waals surface area contributed by atoms with Crippen LogP contribution in [-0.2, 0) is 36.4 Å². The topological polar surface area (TPSA) is 187 Å². The van der Waals surface area contributed by atoms with Crippen molar-refractivity contribution in [2.75, 3.05) is 13.2 Å². The first-order valence-electron chi connectivity index (χ1n) is 12.8. The minimum atomic E-state index is -4.19. The number of ether oxygens (including phenoxy) is 1. The Morgan fingerprint density at radius 3 is 2.29 bits per heavy atom. The van der Waals surface area contributed by atoms with Crippen molar-refractivity contribution in [3.05, 3.63) is 89.0 Å². The second-order valence-electron chi connectivity index (χ2n) is 9.65. The van der Waals surface area contributed by atoms with E-state index < -0.39 is 44.4 Å². The van der Waals surface area contributed by atoms with E-state index in [0.717, 1.165) is 22.3 Å². The quantitative estimate of drug-likeness (QED) is 0.236. The molecule has 0 aromatic heterocycles. The third-order valence-corrected chi connectivity index (χ3v) is 7.84. The van der Waals surface area contributed by atoms with Crippen molar-refractivity contribution in [2.24, 2.45) is 5.73 Å². The maximum absolute atomic E-state index is 13.1. The highest BCUT2D eigenvalue weighted by molar-refractivity contribution is 7.47. The minimum Gasteiger partial charge on any atom is -0.449 e. The molecule has 0 saturated carbocycles. The van der Waals surface area contributed by atoms with Gasteiger partial charge in [0.2, 0.25) is 11.8 Å². The van der Waals surface area contributed by atoms with Crippen molar-refractivity contribution in [1.29, 1.82) is 0 Å². The smallest absolute Gasteiger partial charge is 0.449 e. The van der Waals surface area contributed by atoms with Gasteiger partial charge >= 0.3 is 13.9 Å². The van der Waals surface area contributed by atoms with Crippen LogP contribution in [0.4, 0.5) is 4.79 Å². The molecule has 5 rings (SSSR count). The lowest BCUT2D eigenvalue weighted by molar-refractivity contribution is -0.129. The summed E-state index contributed by atoms with van der Waals surface area (Å²) in [6, 6.07) is 17.7. The van der Waals surface area contributed by atoms with Crippen molar-refractivity contribution in [2.45, 2.75) is 31.0 Å². The molecular weight excluding hydrogens is 553 g/mol. The van der Waals surface area contributed by atoms with Crippen LogP contribution in [0.15, 0.2) is 66.7 Å². The van der Waals surface area contributed by atoms with Crippen molar-refractivity contribution >= 4 is 25.7 Å². The van der Waals surface area contributed by atoms with Gasteiger partial charge in [0, 0.05) is 17.9 Å². The number of benzene rings is 3. The van der Waals surface area contributed by atoms with Gasteiger partial charge in [0.1, 0.15) is 24.4 Å². The molecule has 3 aromatic carbocycles. The Balaban J connectivity index is 1.31. The summed E-state index contributed by atoms with van der Waals surface area (Å²) >= 11 is 0. The van der Waals surface area contributed by atoms with E-state index in [2.05, 4.69) is 10.6 Å². The normalized spacial score (nSPS) is 18.6. The van der Waals surface area contributed by atoms with Crippen LogP contribution in [0.5, 0.6) is 5.75 Å². The van der Waals surface area contributed by atoms with Crippen molar-refractivity contribution in [3.63, 3.8) is 0 Å². The van der Waals surface area contributed by atoms with E-state index in [4.69, 9.17) is 19.5 Å². The highest BCUT2D eigenvalue weighted by Gasteiger charge is 2.32. The first kappa shape index (κ1) is 28.3. The Morgan fingerprint density at radius 1 is 1.00 bits per heavy atom. The molecule has 1 unspecified atom stereocenters. The van der Waals surface area contributed by atoms with Gasteiger partial charge in [-0.15, -0.1) is 0 Å². The summed E-state index contributed by atoms with van der Waals surface area (Å²) in [6.45, 7) is -0.904. The molecule has 1 heterocycles. The van der Waals surface area contributed by atoms with E-state index in [0.29, 0.717) is 11.1 Å². The van der Waals surface area contributed by atoms with Crippen LogP contribution >= 0.6 is 7.82 Å². The predicted octanol–water partition coefficient (Wildman–Crippen LogP) is 2.11. The fraction of sp³-hybridized carbons (Fsp3) is 0.250. The molecule has 0 spiro atoms. The largest absolute Gasteiger partial charge is 0.527 e. The third kappa shape index (κ3) is 6.26. The second kappa shape index (κ2) is 11.7. The first-order chi connectivity index (χ1) is 19.6. The molecule has 0 bridgehead atoms. The third-order valence-electron chi connectivity index (χ3n) is 6.96. The standard InChI is InChI=1S/C28H28N3O9P/c29-26(33)24(13-32)30-27(34)23(12-16-9-10-25-17(11-16)14-39-41(36,37)40-25)31-28(35)38-15-22-20-7-3-1-5-18(20)19-6-2-4-8-21(19)22/h1-11,22-24,32H,12-15H2,(H2,29,33)(H,30,34)(H,31,35)(H,36,37)/t23-,24-/m0/s1. The van der Waals surface area contributed by atoms with Crippen molar-refractivity contribution in [3.8, 4) is 16.9 Å². The number of alkyl carbamates (subject to hydrolysis) is 1. The fourth-order valence-electron chi connectivity index (χ4n) is 4.97. The summed E-state index contributed by atoms with van der Waals surface area (Å²) in [5.41, 5.74) is 10.4. The number of hydrogen-bond acceptors (Lipinski definition) is 8. The molecule has 3 aromatic rings. The number of phosphoric acid groups is 1. The molecule has 1 aliphatic carbocycles. The average Bonchev–Trinajstić information content (AvgIpc) is 3.27. The monoisotopic (exact) mass is 581 g/mol. The number of rotatable bonds is 9. The van der Waals surface area contributed by atoms with Gasteiger partial charge in [-0.05, 0) is 39.9 Å². The number of nitrogens with two attached hydrogens (primary N) is 1. The van der Waals surface area contributed by atoms with Gasteiger partial charge in [-0.3, -0.25) is 19.0 Å². The molecule has 0 fully saturated rings. The molecule has 3 atom stereocenters. The van der Waals surface area contributed by atoms with Gasteiger partial charge < -0.3 is 30.7 Å².